The van der Waals surface area contributed by atoms with Crippen molar-refractivity contribution in [1.29, 1.82) is 0 Å². The van der Waals surface area contributed by atoms with Crippen molar-refractivity contribution < 1.29 is 12.8 Å². The average Bonchev–Trinajstić information content (AvgIpc) is 2.84. The fourth-order valence-corrected chi connectivity index (χ4v) is 3.86. The monoisotopic (exact) mass is 258 g/mol. The summed E-state index contributed by atoms with van der Waals surface area (Å²) in [6.45, 7) is 4.84. The quantitative estimate of drug-likeness (QED) is 0.880. The van der Waals surface area contributed by atoms with Crippen LogP contribution in [0.15, 0.2) is 10.6 Å². The molecule has 1 aromatic rings. The fraction of sp³-hybridized carbons (Fsp3) is 0.727. The Balaban J connectivity index is 2.09. The molecule has 6 heteroatoms. The van der Waals surface area contributed by atoms with Crippen LogP contribution >= 0.6 is 0 Å². The van der Waals surface area contributed by atoms with Crippen molar-refractivity contribution in [3.8, 4) is 0 Å². The molecule has 0 spiro atoms. The molecule has 0 aliphatic carbocycles. The zero-order valence-electron chi connectivity index (χ0n) is 10.1. The maximum Gasteiger partial charge on any atom is 0.211 e. The number of aromatic nitrogens is 1. The van der Waals surface area contributed by atoms with Crippen molar-refractivity contribution in [2.45, 2.75) is 32.2 Å². The number of rotatable bonds is 4. The van der Waals surface area contributed by atoms with Gasteiger partial charge in [0.05, 0.1) is 23.7 Å². The van der Waals surface area contributed by atoms with E-state index in [1.807, 2.05) is 13.8 Å². The molecule has 17 heavy (non-hydrogen) atoms. The number of nitrogens with one attached hydrogen (secondary N) is 1. The number of hydrogen-bond acceptors (Lipinski definition) is 5. The largest absolute Gasteiger partial charge is 0.444 e. The summed E-state index contributed by atoms with van der Waals surface area (Å²) >= 11 is 0. The van der Waals surface area contributed by atoms with Gasteiger partial charge in [-0.1, -0.05) is 6.92 Å². The van der Waals surface area contributed by atoms with E-state index in [0.717, 1.165) is 6.54 Å². The summed E-state index contributed by atoms with van der Waals surface area (Å²) in [5, 5.41) is 3.21. The second-order valence-electron chi connectivity index (χ2n) is 4.48. The first-order valence-electron chi connectivity index (χ1n) is 5.91. The normalized spacial score (nSPS) is 24.9. The van der Waals surface area contributed by atoms with Crippen LogP contribution in [0.4, 0.5) is 0 Å². The van der Waals surface area contributed by atoms with Gasteiger partial charge in [0.2, 0.25) is 5.89 Å². The molecule has 1 aromatic heterocycles. The maximum atomic E-state index is 11.4. The van der Waals surface area contributed by atoms with Crippen LogP contribution in [-0.2, 0) is 9.84 Å². The summed E-state index contributed by atoms with van der Waals surface area (Å²) in [4.78, 5) is 4.20. The summed E-state index contributed by atoms with van der Waals surface area (Å²) < 4.78 is 28.4. The molecule has 0 aromatic carbocycles. The van der Waals surface area contributed by atoms with E-state index >= 15 is 0 Å². The molecule has 0 bridgehead atoms. The van der Waals surface area contributed by atoms with Crippen molar-refractivity contribution in [3.05, 3.63) is 17.8 Å². The third kappa shape index (κ3) is 2.87. The van der Waals surface area contributed by atoms with Gasteiger partial charge in [-0.2, -0.15) is 0 Å². The smallest absolute Gasteiger partial charge is 0.211 e. The van der Waals surface area contributed by atoms with Gasteiger partial charge in [-0.15, -0.1) is 0 Å². The Hall–Kier alpha value is -0.880. The predicted octanol–water partition coefficient (Wildman–Crippen LogP) is 1.25. The van der Waals surface area contributed by atoms with Crippen molar-refractivity contribution in [2.75, 3.05) is 18.1 Å². The van der Waals surface area contributed by atoms with E-state index in [4.69, 9.17) is 4.42 Å². The number of nitrogens with zero attached hydrogens (tertiary/aromatic N) is 1. The highest BCUT2D eigenvalue weighted by atomic mass is 32.2. The van der Waals surface area contributed by atoms with Crippen LogP contribution in [0.25, 0.3) is 0 Å². The Morgan fingerprint density at radius 2 is 2.41 bits per heavy atom. The SMILES string of the molecule is CCNC(C)c1ncc(C2CCS(=O)(=O)C2)o1. The van der Waals surface area contributed by atoms with Gasteiger partial charge in [-0.3, -0.25) is 0 Å². The third-order valence-corrected chi connectivity index (χ3v) is 4.82. The first-order chi connectivity index (χ1) is 8.02. The first kappa shape index (κ1) is 12.6. The lowest BCUT2D eigenvalue weighted by Crippen LogP contribution is -2.17. The summed E-state index contributed by atoms with van der Waals surface area (Å²) in [6, 6.07) is 0.0618. The molecule has 0 saturated carbocycles. The van der Waals surface area contributed by atoms with Crippen molar-refractivity contribution in [1.82, 2.24) is 10.3 Å². The molecule has 1 saturated heterocycles. The van der Waals surface area contributed by atoms with E-state index in [0.29, 0.717) is 18.1 Å². The Morgan fingerprint density at radius 3 is 3.00 bits per heavy atom. The summed E-state index contributed by atoms with van der Waals surface area (Å²) in [7, 11) is -2.87. The second-order valence-corrected chi connectivity index (χ2v) is 6.71. The maximum absolute atomic E-state index is 11.4. The third-order valence-electron chi connectivity index (χ3n) is 3.06. The van der Waals surface area contributed by atoms with Crippen LogP contribution in [-0.4, -0.2) is 31.5 Å². The number of sulfone groups is 1. The molecule has 1 fully saturated rings. The van der Waals surface area contributed by atoms with Gasteiger partial charge >= 0.3 is 0 Å². The summed E-state index contributed by atoms with van der Waals surface area (Å²) in [5.74, 6) is 1.76. The first-order valence-corrected chi connectivity index (χ1v) is 7.73. The molecular weight excluding hydrogens is 240 g/mol. The molecule has 2 atom stereocenters. The molecule has 1 aliphatic rings. The van der Waals surface area contributed by atoms with Crippen LogP contribution < -0.4 is 5.32 Å². The van der Waals surface area contributed by atoms with Crippen molar-refractivity contribution in [2.24, 2.45) is 0 Å². The van der Waals surface area contributed by atoms with E-state index in [1.165, 1.54) is 0 Å². The van der Waals surface area contributed by atoms with E-state index in [-0.39, 0.29) is 23.5 Å². The zero-order valence-corrected chi connectivity index (χ0v) is 11.0. The molecule has 0 radical (unpaired) electrons. The minimum Gasteiger partial charge on any atom is -0.444 e. The summed E-state index contributed by atoms with van der Waals surface area (Å²) in [5.41, 5.74) is 0. The van der Waals surface area contributed by atoms with Gasteiger partial charge < -0.3 is 9.73 Å². The predicted molar refractivity (Wildman–Crippen MR) is 64.6 cm³/mol. The van der Waals surface area contributed by atoms with E-state index in [1.54, 1.807) is 6.20 Å². The van der Waals surface area contributed by atoms with Gasteiger partial charge in [0, 0.05) is 5.92 Å². The fourth-order valence-electron chi connectivity index (χ4n) is 2.10. The van der Waals surface area contributed by atoms with E-state index in [9.17, 15) is 8.42 Å². The highest BCUT2D eigenvalue weighted by Crippen LogP contribution is 2.30. The number of hydrogen-bond donors (Lipinski definition) is 1. The molecule has 2 heterocycles. The molecule has 1 N–H and O–H groups in total. The standard InChI is InChI=1S/C11H18N2O3S/c1-3-12-8(2)11-13-6-10(16-11)9-4-5-17(14,15)7-9/h6,8-9,12H,3-5,7H2,1-2H3. The topological polar surface area (TPSA) is 72.2 Å². The Labute approximate surface area is 102 Å². The molecule has 96 valence electrons. The van der Waals surface area contributed by atoms with Crippen LogP contribution in [0.1, 0.15) is 43.9 Å². The van der Waals surface area contributed by atoms with Crippen LogP contribution in [0.5, 0.6) is 0 Å². The molecule has 5 nitrogen and oxygen atoms in total. The lowest BCUT2D eigenvalue weighted by atomic mass is 10.1. The van der Waals surface area contributed by atoms with Crippen molar-refractivity contribution in [3.63, 3.8) is 0 Å². The van der Waals surface area contributed by atoms with Crippen LogP contribution in [0.3, 0.4) is 0 Å². The second kappa shape index (κ2) is 4.78. The van der Waals surface area contributed by atoms with Gasteiger partial charge in [0.25, 0.3) is 0 Å². The zero-order chi connectivity index (χ0) is 12.5. The van der Waals surface area contributed by atoms with Gasteiger partial charge in [-0.25, -0.2) is 13.4 Å². The average molecular weight is 258 g/mol. The Kier molecular flexibility index (Phi) is 3.53. The lowest BCUT2D eigenvalue weighted by Gasteiger charge is -2.07. The van der Waals surface area contributed by atoms with Gasteiger partial charge in [0.15, 0.2) is 9.84 Å². The van der Waals surface area contributed by atoms with Crippen LogP contribution in [0.2, 0.25) is 0 Å². The minimum absolute atomic E-state index is 0.0184. The molecule has 2 rings (SSSR count). The van der Waals surface area contributed by atoms with Gasteiger partial charge in [0.1, 0.15) is 5.76 Å². The minimum atomic E-state index is -2.87. The highest BCUT2D eigenvalue weighted by molar-refractivity contribution is 7.91. The van der Waals surface area contributed by atoms with Gasteiger partial charge in [-0.05, 0) is 19.9 Å². The molecule has 1 aliphatic heterocycles. The number of oxazole rings is 1. The highest BCUT2D eigenvalue weighted by Gasteiger charge is 2.31. The Morgan fingerprint density at radius 1 is 1.65 bits per heavy atom. The lowest BCUT2D eigenvalue weighted by molar-refractivity contribution is 0.386. The van der Waals surface area contributed by atoms with E-state index < -0.39 is 9.84 Å². The summed E-state index contributed by atoms with van der Waals surface area (Å²) in [6.07, 6.45) is 2.31. The Bertz CT molecular complexity index is 481. The van der Waals surface area contributed by atoms with Crippen molar-refractivity contribution >= 4 is 9.84 Å². The molecule has 0 amide bonds. The molecular formula is C11H18N2O3S. The van der Waals surface area contributed by atoms with E-state index in [2.05, 4.69) is 10.3 Å². The van der Waals surface area contributed by atoms with Crippen LogP contribution in [0, 0.1) is 0 Å². The molecule has 2 unspecified atom stereocenters.